The van der Waals surface area contributed by atoms with Crippen LogP contribution in [0.15, 0.2) is 54.6 Å². The van der Waals surface area contributed by atoms with E-state index in [0.29, 0.717) is 6.61 Å². The van der Waals surface area contributed by atoms with E-state index in [1.165, 1.54) is 0 Å². The van der Waals surface area contributed by atoms with Crippen molar-refractivity contribution in [2.24, 2.45) is 0 Å². The molecule has 23 heavy (non-hydrogen) atoms. The summed E-state index contributed by atoms with van der Waals surface area (Å²) < 4.78 is 5.74. The fourth-order valence-electron chi connectivity index (χ4n) is 2.89. The summed E-state index contributed by atoms with van der Waals surface area (Å²) in [4.78, 5) is 12.1. The van der Waals surface area contributed by atoms with Gasteiger partial charge in [0, 0.05) is 13.1 Å². The van der Waals surface area contributed by atoms with Gasteiger partial charge >= 0.3 is 0 Å². The second-order valence-corrected chi connectivity index (χ2v) is 5.55. The molecular weight excluding hydrogens is 292 g/mol. The molecule has 2 unspecified atom stereocenters. The molecule has 5 heteroatoms. The van der Waals surface area contributed by atoms with Crippen molar-refractivity contribution in [3.05, 3.63) is 71.3 Å². The average molecular weight is 312 g/mol. The molecule has 0 spiro atoms. The number of carbonyl (C=O) groups excluding carboxylic acids is 1. The molecule has 3 rings (SSSR count). The van der Waals surface area contributed by atoms with Crippen LogP contribution in [-0.2, 0) is 9.53 Å². The molecular formula is C18H20N2O3. The maximum atomic E-state index is 12.1. The molecule has 1 fully saturated rings. The minimum absolute atomic E-state index is 0.0413. The van der Waals surface area contributed by atoms with Gasteiger partial charge in [0.05, 0.1) is 18.6 Å². The molecule has 2 atom stereocenters. The van der Waals surface area contributed by atoms with Crippen molar-refractivity contribution in [2.75, 3.05) is 19.7 Å². The number of benzene rings is 2. The van der Waals surface area contributed by atoms with E-state index in [9.17, 15) is 4.79 Å². The molecule has 2 aromatic rings. The van der Waals surface area contributed by atoms with Gasteiger partial charge in [-0.3, -0.25) is 10.0 Å². The molecule has 0 bridgehead atoms. The van der Waals surface area contributed by atoms with E-state index in [2.05, 4.69) is 5.32 Å². The van der Waals surface area contributed by atoms with Crippen LogP contribution in [0.2, 0.25) is 0 Å². The minimum Gasteiger partial charge on any atom is -0.371 e. The summed E-state index contributed by atoms with van der Waals surface area (Å²) >= 11 is 0. The number of hydrogen-bond donors (Lipinski definition) is 3. The van der Waals surface area contributed by atoms with Crippen molar-refractivity contribution in [3.8, 4) is 0 Å². The number of nitrogens with one attached hydrogen (secondary N) is 2. The van der Waals surface area contributed by atoms with Crippen LogP contribution in [0, 0.1) is 0 Å². The Labute approximate surface area is 135 Å². The third-order valence-corrected chi connectivity index (χ3v) is 4.07. The van der Waals surface area contributed by atoms with E-state index in [1.807, 2.05) is 54.6 Å². The Morgan fingerprint density at radius 1 is 1.13 bits per heavy atom. The van der Waals surface area contributed by atoms with E-state index in [0.717, 1.165) is 29.8 Å². The molecule has 1 saturated heterocycles. The summed E-state index contributed by atoms with van der Waals surface area (Å²) in [7, 11) is 0. The van der Waals surface area contributed by atoms with Crippen LogP contribution in [-0.4, -0.2) is 30.8 Å². The molecule has 1 amide bonds. The summed E-state index contributed by atoms with van der Waals surface area (Å²) in [6.45, 7) is 2.37. The van der Waals surface area contributed by atoms with E-state index in [1.54, 1.807) is 5.48 Å². The van der Waals surface area contributed by atoms with Gasteiger partial charge in [0.2, 0.25) is 0 Å². The highest BCUT2D eigenvalue weighted by Crippen LogP contribution is 2.27. The van der Waals surface area contributed by atoms with E-state index < -0.39 is 11.8 Å². The van der Waals surface area contributed by atoms with Crippen molar-refractivity contribution in [1.82, 2.24) is 10.8 Å². The first-order valence-corrected chi connectivity index (χ1v) is 7.70. The van der Waals surface area contributed by atoms with Crippen molar-refractivity contribution >= 4 is 5.91 Å². The van der Waals surface area contributed by atoms with Crippen LogP contribution in [0.3, 0.4) is 0 Å². The van der Waals surface area contributed by atoms with Gasteiger partial charge in [0.15, 0.2) is 0 Å². The first-order valence-electron chi connectivity index (χ1n) is 7.70. The van der Waals surface area contributed by atoms with Crippen LogP contribution in [0.25, 0.3) is 0 Å². The third kappa shape index (κ3) is 3.59. The number of ether oxygens (including phenoxy) is 1. The van der Waals surface area contributed by atoms with Crippen LogP contribution in [0.5, 0.6) is 0 Å². The molecule has 1 aliphatic rings. The maximum Gasteiger partial charge on any atom is 0.255 e. The van der Waals surface area contributed by atoms with Crippen molar-refractivity contribution in [1.29, 1.82) is 0 Å². The fraction of sp³-hybridized carbons (Fsp3) is 0.278. The number of hydroxylamine groups is 1. The van der Waals surface area contributed by atoms with Gasteiger partial charge in [-0.05, 0) is 16.7 Å². The molecule has 0 aromatic heterocycles. The molecule has 3 N–H and O–H groups in total. The van der Waals surface area contributed by atoms with Gasteiger partial charge in [0.1, 0.15) is 0 Å². The predicted octanol–water partition coefficient (Wildman–Crippen LogP) is 1.98. The standard InChI is InChI=1S/C18H20N2O3/c21-18(20-22)17(14-4-2-1-3-5-14)15-8-6-13(7-9-15)16-12-19-10-11-23-16/h1-9,16-17,19,22H,10-12H2,(H,20,21). The number of hydrogen-bond acceptors (Lipinski definition) is 4. The summed E-state index contributed by atoms with van der Waals surface area (Å²) in [6.07, 6.45) is 0.0413. The van der Waals surface area contributed by atoms with Gasteiger partial charge in [-0.1, -0.05) is 54.6 Å². The predicted molar refractivity (Wildman–Crippen MR) is 86.2 cm³/mol. The quantitative estimate of drug-likeness (QED) is 0.596. The van der Waals surface area contributed by atoms with Crippen LogP contribution in [0.1, 0.15) is 28.7 Å². The minimum atomic E-state index is -0.541. The summed E-state index contributed by atoms with van der Waals surface area (Å²) in [5.41, 5.74) is 4.51. The summed E-state index contributed by atoms with van der Waals surface area (Å²) in [5, 5.41) is 12.4. The summed E-state index contributed by atoms with van der Waals surface area (Å²) in [5.74, 6) is -0.986. The normalized spacial score (nSPS) is 19.1. The zero-order valence-electron chi connectivity index (χ0n) is 12.7. The Morgan fingerprint density at radius 2 is 1.83 bits per heavy atom. The van der Waals surface area contributed by atoms with Gasteiger partial charge in [-0.15, -0.1) is 0 Å². The highest BCUT2D eigenvalue weighted by Gasteiger charge is 2.23. The second-order valence-electron chi connectivity index (χ2n) is 5.55. The zero-order chi connectivity index (χ0) is 16.1. The Morgan fingerprint density at radius 3 is 2.43 bits per heavy atom. The second kappa shape index (κ2) is 7.37. The first kappa shape index (κ1) is 15.7. The lowest BCUT2D eigenvalue weighted by molar-refractivity contribution is -0.129. The zero-order valence-corrected chi connectivity index (χ0v) is 12.7. The van der Waals surface area contributed by atoms with Crippen molar-refractivity contribution in [3.63, 3.8) is 0 Å². The Bertz CT molecular complexity index is 637. The fourth-order valence-corrected chi connectivity index (χ4v) is 2.89. The van der Waals surface area contributed by atoms with Crippen molar-refractivity contribution in [2.45, 2.75) is 12.0 Å². The number of carbonyl (C=O) groups is 1. The van der Waals surface area contributed by atoms with Crippen LogP contribution in [0.4, 0.5) is 0 Å². The Balaban J connectivity index is 1.86. The van der Waals surface area contributed by atoms with E-state index >= 15 is 0 Å². The number of amides is 1. The molecule has 0 saturated carbocycles. The van der Waals surface area contributed by atoms with Crippen molar-refractivity contribution < 1.29 is 14.7 Å². The molecule has 0 aliphatic carbocycles. The lowest BCUT2D eigenvalue weighted by Gasteiger charge is -2.24. The molecule has 1 heterocycles. The lowest BCUT2D eigenvalue weighted by atomic mass is 9.89. The van der Waals surface area contributed by atoms with Gasteiger partial charge in [-0.2, -0.15) is 0 Å². The van der Waals surface area contributed by atoms with Gasteiger partial charge in [0.25, 0.3) is 5.91 Å². The monoisotopic (exact) mass is 312 g/mol. The van der Waals surface area contributed by atoms with E-state index in [4.69, 9.17) is 9.94 Å². The molecule has 2 aromatic carbocycles. The van der Waals surface area contributed by atoms with Gasteiger partial charge in [-0.25, -0.2) is 5.48 Å². The maximum absolute atomic E-state index is 12.1. The average Bonchev–Trinajstić information content (AvgIpc) is 2.64. The summed E-state index contributed by atoms with van der Waals surface area (Å²) in [6, 6.07) is 17.2. The Hall–Kier alpha value is -2.21. The number of rotatable bonds is 4. The highest BCUT2D eigenvalue weighted by atomic mass is 16.5. The molecule has 120 valence electrons. The highest BCUT2D eigenvalue weighted by molar-refractivity contribution is 5.86. The Kier molecular flexibility index (Phi) is 5.02. The van der Waals surface area contributed by atoms with Crippen LogP contribution >= 0.6 is 0 Å². The molecule has 1 aliphatic heterocycles. The first-order chi connectivity index (χ1) is 11.3. The van der Waals surface area contributed by atoms with Gasteiger partial charge < -0.3 is 10.1 Å². The topological polar surface area (TPSA) is 70.6 Å². The molecule has 5 nitrogen and oxygen atoms in total. The lowest BCUT2D eigenvalue weighted by Crippen LogP contribution is -2.33. The smallest absolute Gasteiger partial charge is 0.255 e. The largest absolute Gasteiger partial charge is 0.371 e. The number of morpholine rings is 1. The molecule has 0 radical (unpaired) electrons. The van der Waals surface area contributed by atoms with E-state index in [-0.39, 0.29) is 6.10 Å². The SMILES string of the molecule is O=C(NO)C(c1ccccc1)c1ccc(C2CNCCO2)cc1. The third-order valence-electron chi connectivity index (χ3n) is 4.07. The van der Waals surface area contributed by atoms with Crippen LogP contribution < -0.4 is 10.8 Å².